The van der Waals surface area contributed by atoms with Crippen molar-refractivity contribution in [1.82, 2.24) is 5.32 Å². The molecule has 0 saturated heterocycles. The average Bonchev–Trinajstić information content (AvgIpc) is 2.55. The van der Waals surface area contributed by atoms with Crippen molar-refractivity contribution in [3.8, 4) is 0 Å². The number of halogens is 2. The van der Waals surface area contributed by atoms with Gasteiger partial charge in [-0.2, -0.15) is 0 Å². The Morgan fingerprint density at radius 1 is 1.12 bits per heavy atom. The third kappa shape index (κ3) is 4.96. The van der Waals surface area contributed by atoms with Gasteiger partial charge in [0.1, 0.15) is 5.82 Å². The van der Waals surface area contributed by atoms with Crippen molar-refractivity contribution in [3.63, 3.8) is 0 Å². The van der Waals surface area contributed by atoms with Crippen LogP contribution in [0.2, 0.25) is 5.02 Å². The highest BCUT2D eigenvalue weighted by atomic mass is 35.5. The Kier molecular flexibility index (Phi) is 6.14. The lowest BCUT2D eigenvalue weighted by Gasteiger charge is -2.16. The minimum absolute atomic E-state index is 0.0147. The molecule has 0 bridgehead atoms. The number of urea groups is 1. The number of hydrogen-bond donors (Lipinski definition) is 3. The van der Waals surface area contributed by atoms with Crippen LogP contribution in [0.1, 0.15) is 5.56 Å². The highest BCUT2D eigenvalue weighted by molar-refractivity contribution is 6.31. The van der Waals surface area contributed by atoms with E-state index >= 15 is 0 Å². The van der Waals surface area contributed by atoms with Gasteiger partial charge >= 0.3 is 6.03 Å². The molecule has 0 spiro atoms. The number of hydrogen-bond acceptors (Lipinski definition) is 2. The molecule has 3 amide bonds. The number of primary amides is 1. The quantitative estimate of drug-likeness (QED) is 0.749. The van der Waals surface area contributed by atoms with Crippen molar-refractivity contribution < 1.29 is 14.0 Å². The second kappa shape index (κ2) is 8.31. The van der Waals surface area contributed by atoms with Gasteiger partial charge in [-0.3, -0.25) is 4.79 Å². The van der Waals surface area contributed by atoms with E-state index in [4.69, 9.17) is 17.3 Å². The van der Waals surface area contributed by atoms with Crippen LogP contribution in [0, 0.1) is 11.7 Å². The summed E-state index contributed by atoms with van der Waals surface area (Å²) in [5, 5.41) is 5.42. The van der Waals surface area contributed by atoms with Crippen LogP contribution < -0.4 is 16.4 Å². The predicted octanol–water partition coefficient (Wildman–Crippen LogP) is 2.94. The maximum absolute atomic E-state index is 13.5. The molecule has 0 fully saturated rings. The minimum atomic E-state index is -0.628. The highest BCUT2D eigenvalue weighted by Crippen LogP contribution is 2.18. The molecule has 2 aromatic rings. The normalized spacial score (nSPS) is 11.6. The molecule has 7 heteroatoms. The first-order valence-electron chi connectivity index (χ1n) is 7.29. The van der Waals surface area contributed by atoms with Gasteiger partial charge in [0.15, 0.2) is 0 Å². The highest BCUT2D eigenvalue weighted by Gasteiger charge is 2.18. The largest absolute Gasteiger partial charge is 0.369 e. The Bertz CT molecular complexity index is 739. The van der Waals surface area contributed by atoms with Gasteiger partial charge in [0.05, 0.1) is 11.6 Å². The zero-order chi connectivity index (χ0) is 17.5. The lowest BCUT2D eigenvalue weighted by molar-refractivity contribution is -0.121. The molecule has 126 valence electrons. The summed E-state index contributed by atoms with van der Waals surface area (Å²) in [7, 11) is 0. The van der Waals surface area contributed by atoms with Crippen LogP contribution in [0.3, 0.4) is 0 Å². The number of nitrogens with two attached hydrogens (primary N) is 1. The predicted molar refractivity (Wildman–Crippen MR) is 91.3 cm³/mol. The molecule has 0 aliphatic carbocycles. The number of amides is 3. The SMILES string of the molecule is NC(=O)[C@H](CNC(=O)Nc1ccccc1F)Cc1ccccc1Cl. The van der Waals surface area contributed by atoms with E-state index in [1.165, 1.54) is 18.2 Å². The maximum atomic E-state index is 13.5. The van der Waals surface area contributed by atoms with E-state index < -0.39 is 23.7 Å². The summed E-state index contributed by atoms with van der Waals surface area (Å²) in [6, 6.07) is 12.3. The van der Waals surface area contributed by atoms with Crippen molar-refractivity contribution in [1.29, 1.82) is 0 Å². The smallest absolute Gasteiger partial charge is 0.319 e. The van der Waals surface area contributed by atoms with E-state index in [1.54, 1.807) is 30.3 Å². The summed E-state index contributed by atoms with van der Waals surface area (Å²) in [6.45, 7) is 0.0147. The standard InChI is InChI=1S/C17H17ClFN3O2/c18-13-6-2-1-5-11(13)9-12(16(20)23)10-21-17(24)22-15-8-4-3-7-14(15)19/h1-8,12H,9-10H2,(H2,20,23)(H2,21,22,24)/t12-/m0/s1. The lowest BCUT2D eigenvalue weighted by atomic mass is 9.98. The zero-order valence-electron chi connectivity index (χ0n) is 12.8. The monoisotopic (exact) mass is 349 g/mol. The second-order valence-electron chi connectivity index (χ2n) is 5.21. The Balaban J connectivity index is 1.94. The Morgan fingerprint density at radius 2 is 1.79 bits per heavy atom. The van der Waals surface area contributed by atoms with Gasteiger partial charge in [-0.15, -0.1) is 0 Å². The van der Waals surface area contributed by atoms with E-state index in [1.807, 2.05) is 0 Å². The summed E-state index contributed by atoms with van der Waals surface area (Å²) in [5.74, 6) is -1.73. The van der Waals surface area contributed by atoms with E-state index in [0.29, 0.717) is 11.4 Å². The first kappa shape index (κ1) is 17.7. The number of anilines is 1. The number of rotatable bonds is 6. The molecule has 0 aliphatic heterocycles. The zero-order valence-corrected chi connectivity index (χ0v) is 13.5. The van der Waals surface area contributed by atoms with Crippen molar-refractivity contribution in [3.05, 3.63) is 64.9 Å². The van der Waals surface area contributed by atoms with E-state index in [-0.39, 0.29) is 12.2 Å². The molecular weight excluding hydrogens is 333 g/mol. The molecule has 0 radical (unpaired) electrons. The Labute approximate surface area is 144 Å². The van der Waals surface area contributed by atoms with Crippen LogP contribution in [0.25, 0.3) is 0 Å². The number of para-hydroxylation sites is 1. The van der Waals surface area contributed by atoms with Gasteiger partial charge in [-0.1, -0.05) is 41.9 Å². The van der Waals surface area contributed by atoms with Crippen LogP contribution in [0.4, 0.5) is 14.9 Å². The third-order valence-corrected chi connectivity index (χ3v) is 3.83. The average molecular weight is 350 g/mol. The van der Waals surface area contributed by atoms with Crippen molar-refractivity contribution >= 4 is 29.2 Å². The van der Waals surface area contributed by atoms with Crippen LogP contribution >= 0.6 is 11.6 Å². The van der Waals surface area contributed by atoms with E-state index in [9.17, 15) is 14.0 Å². The number of nitrogens with one attached hydrogen (secondary N) is 2. The molecule has 5 nitrogen and oxygen atoms in total. The topological polar surface area (TPSA) is 84.2 Å². The van der Waals surface area contributed by atoms with Crippen molar-refractivity contribution in [2.24, 2.45) is 11.7 Å². The molecular formula is C17H17ClFN3O2. The number of carbonyl (C=O) groups excluding carboxylic acids is 2. The fourth-order valence-corrected chi connectivity index (χ4v) is 2.36. The summed E-state index contributed by atoms with van der Waals surface area (Å²) < 4.78 is 13.5. The van der Waals surface area contributed by atoms with Gasteiger partial charge in [-0.25, -0.2) is 9.18 Å². The second-order valence-corrected chi connectivity index (χ2v) is 5.62. The minimum Gasteiger partial charge on any atom is -0.369 e. The van der Waals surface area contributed by atoms with Crippen molar-refractivity contribution in [2.75, 3.05) is 11.9 Å². The van der Waals surface area contributed by atoms with Crippen LogP contribution in [0.5, 0.6) is 0 Å². The molecule has 0 heterocycles. The first-order valence-corrected chi connectivity index (χ1v) is 7.67. The van der Waals surface area contributed by atoms with E-state index in [0.717, 1.165) is 5.56 Å². The fraction of sp³-hybridized carbons (Fsp3) is 0.176. The fourth-order valence-electron chi connectivity index (χ4n) is 2.15. The maximum Gasteiger partial charge on any atom is 0.319 e. The van der Waals surface area contributed by atoms with Crippen LogP contribution in [-0.4, -0.2) is 18.5 Å². The molecule has 24 heavy (non-hydrogen) atoms. The lowest BCUT2D eigenvalue weighted by Crippen LogP contribution is -2.39. The van der Waals surface area contributed by atoms with Crippen molar-refractivity contribution in [2.45, 2.75) is 6.42 Å². The molecule has 4 N–H and O–H groups in total. The summed E-state index contributed by atoms with van der Waals surface area (Å²) in [4.78, 5) is 23.4. The van der Waals surface area contributed by atoms with Gasteiger partial charge in [0.2, 0.25) is 5.91 Å². The van der Waals surface area contributed by atoms with E-state index in [2.05, 4.69) is 10.6 Å². The van der Waals surface area contributed by atoms with Crippen LogP contribution in [0.15, 0.2) is 48.5 Å². The Morgan fingerprint density at radius 3 is 2.46 bits per heavy atom. The number of benzene rings is 2. The molecule has 1 atom stereocenters. The number of carbonyl (C=O) groups is 2. The summed E-state index contributed by atoms with van der Waals surface area (Å²) >= 11 is 6.07. The third-order valence-electron chi connectivity index (χ3n) is 3.46. The molecule has 0 aromatic heterocycles. The molecule has 0 aliphatic rings. The van der Waals surface area contributed by atoms with Crippen LogP contribution in [-0.2, 0) is 11.2 Å². The summed E-state index contributed by atoms with van der Waals surface area (Å²) in [6.07, 6.45) is 0.301. The molecule has 0 saturated carbocycles. The summed E-state index contributed by atoms with van der Waals surface area (Å²) in [5.41, 5.74) is 6.20. The molecule has 2 aromatic carbocycles. The van der Waals surface area contributed by atoms with Gasteiger partial charge in [0.25, 0.3) is 0 Å². The van der Waals surface area contributed by atoms with Gasteiger partial charge in [-0.05, 0) is 30.2 Å². The Hall–Kier alpha value is -2.60. The first-order chi connectivity index (χ1) is 11.5. The molecule has 0 unspecified atom stereocenters. The van der Waals surface area contributed by atoms with Gasteiger partial charge < -0.3 is 16.4 Å². The molecule has 2 rings (SSSR count). The van der Waals surface area contributed by atoms with Gasteiger partial charge in [0, 0.05) is 11.6 Å².